The van der Waals surface area contributed by atoms with Crippen LogP contribution in [0.1, 0.15) is 44.2 Å². The molecule has 1 aromatic heterocycles. The van der Waals surface area contributed by atoms with E-state index < -0.39 is 0 Å². The van der Waals surface area contributed by atoms with Crippen molar-refractivity contribution in [3.05, 3.63) is 22.1 Å². The van der Waals surface area contributed by atoms with Crippen molar-refractivity contribution in [3.63, 3.8) is 0 Å². The smallest absolute Gasteiger partial charge is 0.264 e. The van der Waals surface area contributed by atoms with Gasteiger partial charge < -0.3 is 5.10 Å². The third-order valence-electron chi connectivity index (χ3n) is 5.38. The van der Waals surface area contributed by atoms with Crippen LogP contribution in [0, 0.1) is 23.2 Å². The maximum Gasteiger partial charge on any atom is 0.264 e. The first-order valence-corrected chi connectivity index (χ1v) is 6.97. The monoisotopic (exact) mass is 232 g/mol. The van der Waals surface area contributed by atoms with Gasteiger partial charge in [-0.05, 0) is 68.1 Å². The summed E-state index contributed by atoms with van der Waals surface area (Å²) >= 11 is 0. The molecule has 0 radical (unpaired) electrons. The number of hydrogen-bond donors (Lipinski definition) is 2. The first-order chi connectivity index (χ1) is 8.21. The molecule has 4 bridgehead atoms. The Hall–Kier alpha value is -0.990. The Labute approximate surface area is 101 Å². The zero-order valence-electron chi connectivity index (χ0n) is 10.2. The van der Waals surface area contributed by atoms with Crippen molar-refractivity contribution in [1.29, 1.82) is 0 Å². The molecule has 4 fully saturated rings. The van der Waals surface area contributed by atoms with Gasteiger partial charge in [-0.3, -0.25) is 9.89 Å². The molecule has 0 saturated heterocycles. The lowest BCUT2D eigenvalue weighted by molar-refractivity contribution is -0.0526. The molecular weight excluding hydrogens is 212 g/mol. The van der Waals surface area contributed by atoms with E-state index in [0.29, 0.717) is 5.41 Å². The van der Waals surface area contributed by atoms with Crippen LogP contribution in [0.15, 0.2) is 10.9 Å². The van der Waals surface area contributed by atoms with Crippen molar-refractivity contribution < 1.29 is 0 Å². The van der Waals surface area contributed by atoms with Gasteiger partial charge in [0.25, 0.3) is 5.56 Å². The molecule has 92 valence electrons. The summed E-state index contributed by atoms with van der Waals surface area (Å²) in [5.41, 5.74) is 1.67. The van der Waals surface area contributed by atoms with Gasteiger partial charge in [0.15, 0.2) is 0 Å². The number of nitrogens with one attached hydrogen (secondary N) is 2. The standard InChI is InChI=1S/C14H20N2O/c17-13-4-12(15-16-13)8-14-5-9-1-10(6-14)3-11(2-9)7-14/h4,9-11H,1-3,5-8H2,(H2,15,16,17). The quantitative estimate of drug-likeness (QED) is 0.808. The number of aromatic amines is 2. The minimum absolute atomic E-state index is 0.0183. The summed E-state index contributed by atoms with van der Waals surface area (Å²) in [4.78, 5) is 11.2. The van der Waals surface area contributed by atoms with Crippen LogP contribution < -0.4 is 5.56 Å². The van der Waals surface area contributed by atoms with E-state index >= 15 is 0 Å². The van der Waals surface area contributed by atoms with E-state index in [1.807, 2.05) is 0 Å². The molecule has 1 heterocycles. The topological polar surface area (TPSA) is 48.6 Å². The van der Waals surface area contributed by atoms with Gasteiger partial charge in [0, 0.05) is 11.8 Å². The maximum absolute atomic E-state index is 11.2. The highest BCUT2D eigenvalue weighted by atomic mass is 16.1. The second-order valence-electron chi connectivity index (χ2n) is 6.88. The molecule has 3 nitrogen and oxygen atoms in total. The summed E-state index contributed by atoms with van der Waals surface area (Å²) in [5, 5.41) is 5.71. The largest absolute Gasteiger partial charge is 0.302 e. The minimum atomic E-state index is 0.0183. The van der Waals surface area contributed by atoms with E-state index in [-0.39, 0.29) is 5.56 Å². The molecule has 4 aliphatic rings. The first kappa shape index (κ1) is 9.98. The number of aromatic nitrogens is 2. The summed E-state index contributed by atoms with van der Waals surface area (Å²) < 4.78 is 0. The van der Waals surface area contributed by atoms with Crippen molar-refractivity contribution in [2.24, 2.45) is 23.2 Å². The summed E-state index contributed by atoms with van der Waals surface area (Å²) in [7, 11) is 0. The fourth-order valence-corrected chi connectivity index (χ4v) is 5.38. The fourth-order valence-electron chi connectivity index (χ4n) is 5.38. The van der Waals surface area contributed by atoms with Crippen LogP contribution in [0.4, 0.5) is 0 Å². The van der Waals surface area contributed by atoms with Crippen molar-refractivity contribution in [2.45, 2.75) is 44.9 Å². The molecular formula is C14H20N2O. The Morgan fingerprint density at radius 3 is 2.12 bits per heavy atom. The molecule has 0 aromatic carbocycles. The number of hydrogen-bond acceptors (Lipinski definition) is 1. The van der Waals surface area contributed by atoms with Gasteiger partial charge in [-0.2, -0.15) is 0 Å². The normalized spacial score (nSPS) is 43.2. The predicted octanol–water partition coefficient (Wildman–Crippen LogP) is 2.46. The van der Waals surface area contributed by atoms with Crippen LogP contribution in [-0.2, 0) is 6.42 Å². The van der Waals surface area contributed by atoms with E-state index in [9.17, 15) is 4.79 Å². The molecule has 1 aromatic rings. The molecule has 0 unspecified atom stereocenters. The predicted molar refractivity (Wildman–Crippen MR) is 65.7 cm³/mol. The van der Waals surface area contributed by atoms with Gasteiger partial charge >= 0.3 is 0 Å². The Morgan fingerprint density at radius 1 is 1.06 bits per heavy atom. The van der Waals surface area contributed by atoms with E-state index in [4.69, 9.17) is 0 Å². The van der Waals surface area contributed by atoms with Crippen LogP contribution >= 0.6 is 0 Å². The molecule has 4 saturated carbocycles. The van der Waals surface area contributed by atoms with Crippen LogP contribution in [0.2, 0.25) is 0 Å². The Morgan fingerprint density at radius 2 is 1.65 bits per heavy atom. The lowest BCUT2D eigenvalue weighted by Gasteiger charge is -2.57. The fraction of sp³-hybridized carbons (Fsp3) is 0.786. The average molecular weight is 232 g/mol. The zero-order chi connectivity index (χ0) is 11.5. The van der Waals surface area contributed by atoms with E-state index in [1.165, 1.54) is 38.5 Å². The lowest BCUT2D eigenvalue weighted by atomic mass is 9.48. The second-order valence-corrected chi connectivity index (χ2v) is 6.88. The highest BCUT2D eigenvalue weighted by molar-refractivity contribution is 5.09. The average Bonchev–Trinajstić information content (AvgIpc) is 2.60. The Balaban J connectivity index is 1.62. The van der Waals surface area contributed by atoms with Gasteiger partial charge in [0.05, 0.1) is 0 Å². The summed E-state index contributed by atoms with van der Waals surface area (Å²) in [6, 6.07) is 1.75. The molecule has 5 rings (SSSR count). The van der Waals surface area contributed by atoms with E-state index in [1.54, 1.807) is 6.07 Å². The van der Waals surface area contributed by atoms with Crippen LogP contribution in [0.25, 0.3) is 0 Å². The van der Waals surface area contributed by atoms with Crippen molar-refractivity contribution >= 4 is 0 Å². The van der Waals surface area contributed by atoms with Gasteiger partial charge in [-0.25, -0.2) is 0 Å². The van der Waals surface area contributed by atoms with E-state index in [0.717, 1.165) is 29.9 Å². The first-order valence-electron chi connectivity index (χ1n) is 6.97. The number of rotatable bonds is 2. The van der Waals surface area contributed by atoms with Gasteiger partial charge in [-0.1, -0.05) is 0 Å². The molecule has 0 spiro atoms. The lowest BCUT2D eigenvalue weighted by Crippen LogP contribution is -2.47. The van der Waals surface area contributed by atoms with Gasteiger partial charge in [-0.15, -0.1) is 0 Å². The molecule has 2 N–H and O–H groups in total. The summed E-state index contributed by atoms with van der Waals surface area (Å²) in [6.07, 6.45) is 9.79. The molecule has 3 heteroatoms. The maximum atomic E-state index is 11.2. The highest BCUT2D eigenvalue weighted by Gasteiger charge is 2.50. The van der Waals surface area contributed by atoms with Crippen LogP contribution in [0.5, 0.6) is 0 Å². The molecule has 4 aliphatic carbocycles. The van der Waals surface area contributed by atoms with Crippen molar-refractivity contribution in [1.82, 2.24) is 10.2 Å². The molecule has 17 heavy (non-hydrogen) atoms. The molecule has 0 aliphatic heterocycles. The van der Waals surface area contributed by atoms with Crippen LogP contribution in [0.3, 0.4) is 0 Å². The zero-order valence-corrected chi connectivity index (χ0v) is 10.2. The van der Waals surface area contributed by atoms with Crippen LogP contribution in [-0.4, -0.2) is 10.2 Å². The van der Waals surface area contributed by atoms with Crippen molar-refractivity contribution in [3.8, 4) is 0 Å². The summed E-state index contributed by atoms with van der Waals surface area (Å²) in [5.74, 6) is 2.98. The minimum Gasteiger partial charge on any atom is -0.302 e. The third kappa shape index (κ3) is 1.59. The molecule has 0 amide bonds. The Bertz CT molecular complexity index is 449. The second kappa shape index (κ2) is 3.27. The van der Waals surface area contributed by atoms with Gasteiger partial charge in [0.2, 0.25) is 0 Å². The number of H-pyrrole nitrogens is 2. The third-order valence-corrected chi connectivity index (χ3v) is 5.38. The van der Waals surface area contributed by atoms with Crippen molar-refractivity contribution in [2.75, 3.05) is 0 Å². The van der Waals surface area contributed by atoms with E-state index in [2.05, 4.69) is 10.2 Å². The summed E-state index contributed by atoms with van der Waals surface area (Å²) in [6.45, 7) is 0. The Kier molecular flexibility index (Phi) is 1.92. The highest BCUT2D eigenvalue weighted by Crippen LogP contribution is 2.60. The molecule has 0 atom stereocenters. The van der Waals surface area contributed by atoms with Gasteiger partial charge in [0.1, 0.15) is 0 Å². The SMILES string of the molecule is O=c1cc(CC23CC4CC(CC(C4)C2)C3)[nH][nH]1.